The molecule has 168 valence electrons. The van der Waals surface area contributed by atoms with E-state index in [1.807, 2.05) is 0 Å². The van der Waals surface area contributed by atoms with Gasteiger partial charge >= 0.3 is 0 Å². The number of hydrogen-bond acceptors (Lipinski definition) is 6. The standard InChI is InChI=1S/C22H30N4O5/c1-2-3-4-5-10-25(11-12-27)20(29)7-6-13-31-16-8-9-17-18(14-16)23-22-24-19(28)15-26(22)21(17)30/h8-9,14,27H,2-7,10-13,15H2,1H3,(H,23,24,28). The minimum Gasteiger partial charge on any atom is -0.494 e. The number of aliphatic hydroxyl groups excluding tert-OH is 1. The molecule has 2 amide bonds. The van der Waals surface area contributed by atoms with Crippen molar-refractivity contribution in [3.63, 3.8) is 0 Å². The van der Waals surface area contributed by atoms with Crippen molar-refractivity contribution in [2.75, 3.05) is 31.6 Å². The van der Waals surface area contributed by atoms with E-state index in [1.54, 1.807) is 23.1 Å². The van der Waals surface area contributed by atoms with E-state index in [4.69, 9.17) is 4.74 Å². The molecule has 2 N–H and O–H groups in total. The molecule has 1 aromatic heterocycles. The molecule has 0 saturated carbocycles. The molecule has 9 heteroatoms. The Hall–Kier alpha value is -2.94. The van der Waals surface area contributed by atoms with Crippen LogP contribution in [0.3, 0.4) is 0 Å². The predicted octanol–water partition coefficient (Wildman–Crippen LogP) is 1.91. The van der Waals surface area contributed by atoms with Crippen LogP contribution in [0.5, 0.6) is 5.75 Å². The van der Waals surface area contributed by atoms with E-state index in [0.717, 1.165) is 25.7 Å². The molecule has 9 nitrogen and oxygen atoms in total. The number of anilines is 1. The summed E-state index contributed by atoms with van der Waals surface area (Å²) in [5.74, 6) is 0.552. The average molecular weight is 431 g/mol. The number of benzene rings is 1. The Morgan fingerprint density at radius 3 is 2.84 bits per heavy atom. The van der Waals surface area contributed by atoms with Gasteiger partial charge in [-0.2, -0.15) is 0 Å². The number of carbonyl (C=O) groups is 2. The third-order valence-corrected chi connectivity index (χ3v) is 5.29. The highest BCUT2D eigenvalue weighted by Gasteiger charge is 2.21. The van der Waals surface area contributed by atoms with Crippen molar-refractivity contribution in [3.05, 3.63) is 28.6 Å². The van der Waals surface area contributed by atoms with E-state index in [9.17, 15) is 19.5 Å². The Morgan fingerprint density at radius 1 is 1.23 bits per heavy atom. The van der Waals surface area contributed by atoms with Gasteiger partial charge in [0.15, 0.2) is 0 Å². The van der Waals surface area contributed by atoms with E-state index < -0.39 is 0 Å². The lowest BCUT2D eigenvalue weighted by Gasteiger charge is -2.21. The lowest BCUT2D eigenvalue weighted by molar-refractivity contribution is -0.132. The topological polar surface area (TPSA) is 114 Å². The van der Waals surface area contributed by atoms with Crippen LogP contribution >= 0.6 is 0 Å². The van der Waals surface area contributed by atoms with Gasteiger partial charge in [0, 0.05) is 25.6 Å². The maximum Gasteiger partial charge on any atom is 0.263 e. The third-order valence-electron chi connectivity index (χ3n) is 5.29. The van der Waals surface area contributed by atoms with Crippen molar-refractivity contribution in [2.24, 2.45) is 0 Å². The van der Waals surface area contributed by atoms with Crippen LogP contribution in [0.2, 0.25) is 0 Å². The molecule has 0 radical (unpaired) electrons. The van der Waals surface area contributed by atoms with Gasteiger partial charge in [0.1, 0.15) is 12.3 Å². The van der Waals surface area contributed by atoms with Gasteiger partial charge in [-0.3, -0.25) is 24.3 Å². The van der Waals surface area contributed by atoms with Gasteiger partial charge in [-0.1, -0.05) is 26.2 Å². The number of nitrogens with zero attached hydrogens (tertiary/aromatic N) is 3. The highest BCUT2D eigenvalue weighted by molar-refractivity contribution is 5.94. The molecule has 2 heterocycles. The minimum absolute atomic E-state index is 0.0186. The normalized spacial score (nSPS) is 12.6. The van der Waals surface area contributed by atoms with Gasteiger partial charge in [-0.05, 0) is 25.0 Å². The highest BCUT2D eigenvalue weighted by Crippen LogP contribution is 2.20. The van der Waals surface area contributed by atoms with Crippen molar-refractivity contribution >= 4 is 28.7 Å². The number of carbonyl (C=O) groups excluding carboxylic acids is 2. The number of nitrogens with one attached hydrogen (secondary N) is 1. The molecule has 1 aliphatic heterocycles. The summed E-state index contributed by atoms with van der Waals surface area (Å²) < 4.78 is 7.06. The molecule has 0 bridgehead atoms. The van der Waals surface area contributed by atoms with Crippen LogP contribution in [0.4, 0.5) is 5.95 Å². The first-order valence-electron chi connectivity index (χ1n) is 10.9. The van der Waals surface area contributed by atoms with E-state index in [-0.39, 0.29) is 36.5 Å². The molecule has 1 aliphatic rings. The van der Waals surface area contributed by atoms with Gasteiger partial charge < -0.3 is 14.7 Å². The van der Waals surface area contributed by atoms with E-state index in [1.165, 1.54) is 4.57 Å². The average Bonchev–Trinajstić information content (AvgIpc) is 3.13. The number of rotatable bonds is 12. The lowest BCUT2D eigenvalue weighted by atomic mass is 10.2. The molecule has 0 saturated heterocycles. The Labute approximate surface area is 181 Å². The van der Waals surface area contributed by atoms with Gasteiger partial charge in [-0.25, -0.2) is 4.98 Å². The number of unbranched alkanes of at least 4 members (excludes halogenated alkanes) is 3. The number of ether oxygens (including phenoxy) is 1. The number of amides is 2. The number of aromatic nitrogens is 2. The second-order valence-electron chi connectivity index (χ2n) is 7.67. The summed E-state index contributed by atoms with van der Waals surface area (Å²) in [6, 6.07) is 4.99. The summed E-state index contributed by atoms with van der Waals surface area (Å²) in [5.41, 5.74) is 0.187. The van der Waals surface area contributed by atoms with Crippen LogP contribution in [0.1, 0.15) is 45.4 Å². The summed E-state index contributed by atoms with van der Waals surface area (Å²) in [7, 11) is 0. The Bertz CT molecular complexity index is 988. The van der Waals surface area contributed by atoms with Crippen LogP contribution in [-0.4, -0.2) is 57.7 Å². The number of aliphatic hydroxyl groups is 1. The summed E-state index contributed by atoms with van der Waals surface area (Å²) >= 11 is 0. The molecule has 1 aromatic carbocycles. The van der Waals surface area contributed by atoms with E-state index in [2.05, 4.69) is 17.2 Å². The first-order chi connectivity index (χ1) is 15.0. The summed E-state index contributed by atoms with van der Waals surface area (Å²) in [5, 5.41) is 12.2. The van der Waals surface area contributed by atoms with E-state index in [0.29, 0.717) is 49.2 Å². The number of hydrogen-bond donors (Lipinski definition) is 2. The van der Waals surface area contributed by atoms with Crippen LogP contribution < -0.4 is 15.6 Å². The van der Waals surface area contributed by atoms with E-state index >= 15 is 0 Å². The van der Waals surface area contributed by atoms with Gasteiger partial charge in [0.2, 0.25) is 17.8 Å². The van der Waals surface area contributed by atoms with Crippen LogP contribution in [0.25, 0.3) is 10.9 Å². The summed E-state index contributed by atoms with van der Waals surface area (Å²) in [6.07, 6.45) is 5.22. The first kappa shape index (κ1) is 22.7. The molecule has 0 fully saturated rings. The fourth-order valence-electron chi connectivity index (χ4n) is 3.62. The SMILES string of the molecule is CCCCCCN(CCO)C(=O)CCCOc1ccc2c(=O)n3c(nc2c1)NC(=O)C3. The zero-order valence-corrected chi connectivity index (χ0v) is 17.9. The molecule has 2 aromatic rings. The van der Waals surface area contributed by atoms with Crippen LogP contribution in [0.15, 0.2) is 23.0 Å². The molecule has 31 heavy (non-hydrogen) atoms. The van der Waals surface area contributed by atoms with Gasteiger partial charge in [0.05, 0.1) is 24.1 Å². The second-order valence-corrected chi connectivity index (χ2v) is 7.67. The van der Waals surface area contributed by atoms with Crippen molar-refractivity contribution < 1.29 is 19.4 Å². The quantitative estimate of drug-likeness (QED) is 0.497. The molecule has 3 rings (SSSR count). The molecule has 0 atom stereocenters. The Morgan fingerprint density at radius 2 is 2.06 bits per heavy atom. The first-order valence-corrected chi connectivity index (χ1v) is 10.9. The third kappa shape index (κ3) is 5.81. The fourth-order valence-corrected chi connectivity index (χ4v) is 3.62. The van der Waals surface area contributed by atoms with Crippen molar-refractivity contribution in [1.82, 2.24) is 14.5 Å². The molecular weight excluding hydrogens is 400 g/mol. The van der Waals surface area contributed by atoms with Gasteiger partial charge in [-0.15, -0.1) is 0 Å². The predicted molar refractivity (Wildman–Crippen MR) is 117 cm³/mol. The summed E-state index contributed by atoms with van der Waals surface area (Å²) in [4.78, 5) is 42.5. The van der Waals surface area contributed by atoms with Crippen molar-refractivity contribution in [3.8, 4) is 5.75 Å². The van der Waals surface area contributed by atoms with Gasteiger partial charge in [0.25, 0.3) is 5.56 Å². The maximum absolute atomic E-state index is 12.5. The molecule has 0 spiro atoms. The molecular formula is C22H30N4O5. The Balaban J connectivity index is 1.52. The highest BCUT2D eigenvalue weighted by atomic mass is 16.5. The van der Waals surface area contributed by atoms with Crippen molar-refractivity contribution in [1.29, 1.82) is 0 Å². The minimum atomic E-state index is -0.265. The fraction of sp³-hybridized carbons (Fsp3) is 0.545. The Kier molecular flexibility index (Phi) is 8.00. The van der Waals surface area contributed by atoms with Crippen LogP contribution in [-0.2, 0) is 16.1 Å². The molecule has 0 unspecified atom stereocenters. The number of fused-ring (bicyclic) bond motifs is 2. The smallest absolute Gasteiger partial charge is 0.263 e. The molecule has 0 aliphatic carbocycles. The lowest BCUT2D eigenvalue weighted by Crippen LogP contribution is -2.34. The summed E-state index contributed by atoms with van der Waals surface area (Å²) in [6.45, 7) is 3.47. The largest absolute Gasteiger partial charge is 0.494 e. The maximum atomic E-state index is 12.5. The second kappa shape index (κ2) is 10.9. The zero-order valence-electron chi connectivity index (χ0n) is 17.9. The van der Waals surface area contributed by atoms with Crippen molar-refractivity contribution in [2.45, 2.75) is 52.0 Å². The zero-order chi connectivity index (χ0) is 22.2. The monoisotopic (exact) mass is 430 g/mol. The van der Waals surface area contributed by atoms with Crippen LogP contribution in [0, 0.1) is 0 Å².